The second-order valence-corrected chi connectivity index (χ2v) is 5.76. The van der Waals surface area contributed by atoms with Crippen LogP contribution in [0.1, 0.15) is 11.1 Å². The largest absolute Gasteiger partial charge is 0.330 e. The minimum absolute atomic E-state index is 0.00991. The molecule has 0 heterocycles. The summed E-state index contributed by atoms with van der Waals surface area (Å²) < 4.78 is 28.3. The van der Waals surface area contributed by atoms with Crippen molar-refractivity contribution in [1.29, 1.82) is 0 Å². The van der Waals surface area contributed by atoms with Gasteiger partial charge < -0.3 is 5.73 Å². The van der Waals surface area contributed by atoms with E-state index in [1.165, 1.54) is 18.2 Å². The topological polar surface area (TPSA) is 26.0 Å². The van der Waals surface area contributed by atoms with E-state index in [9.17, 15) is 8.78 Å². The van der Waals surface area contributed by atoms with E-state index in [4.69, 9.17) is 5.73 Å². The second kappa shape index (κ2) is 6.95. The molecule has 0 fully saturated rings. The molecule has 0 aliphatic heterocycles. The van der Waals surface area contributed by atoms with Gasteiger partial charge >= 0.3 is 0 Å². The van der Waals surface area contributed by atoms with Gasteiger partial charge in [0.15, 0.2) is 0 Å². The summed E-state index contributed by atoms with van der Waals surface area (Å²) in [5, 5.41) is 0. The highest BCUT2D eigenvalue weighted by atomic mass is 79.9. The maximum Gasteiger partial charge on any atom is 0.129 e. The molecule has 0 bridgehead atoms. The first kappa shape index (κ1) is 15.1. The Balaban J connectivity index is 2.13. The van der Waals surface area contributed by atoms with Gasteiger partial charge in [0.1, 0.15) is 11.6 Å². The monoisotopic (exact) mass is 339 g/mol. The van der Waals surface area contributed by atoms with Crippen molar-refractivity contribution < 1.29 is 8.78 Å². The zero-order chi connectivity index (χ0) is 14.5. The summed E-state index contributed by atoms with van der Waals surface area (Å²) in [5.74, 6) is -0.994. The molecule has 2 N–H and O–H groups in total. The third-order valence-electron chi connectivity index (χ3n) is 3.30. The SMILES string of the molecule is NCC(Cc1cccc(Br)c1)Cc1c(F)cccc1F. The van der Waals surface area contributed by atoms with E-state index >= 15 is 0 Å². The Morgan fingerprint density at radius 2 is 1.65 bits per heavy atom. The summed E-state index contributed by atoms with van der Waals surface area (Å²) in [4.78, 5) is 0. The molecule has 1 nitrogen and oxygen atoms in total. The molecule has 2 aromatic rings. The van der Waals surface area contributed by atoms with Crippen LogP contribution >= 0.6 is 15.9 Å². The molecule has 0 saturated heterocycles. The molecule has 0 radical (unpaired) electrons. The van der Waals surface area contributed by atoms with Crippen LogP contribution in [0.25, 0.3) is 0 Å². The zero-order valence-corrected chi connectivity index (χ0v) is 12.5. The van der Waals surface area contributed by atoms with Crippen LogP contribution in [0.4, 0.5) is 8.78 Å². The third kappa shape index (κ3) is 3.87. The Morgan fingerprint density at radius 3 is 2.25 bits per heavy atom. The maximum atomic E-state index is 13.7. The first-order valence-corrected chi connectivity index (χ1v) is 7.27. The normalized spacial score (nSPS) is 12.4. The number of rotatable bonds is 5. The molecule has 1 atom stereocenters. The quantitative estimate of drug-likeness (QED) is 0.872. The molecule has 0 aliphatic rings. The Kier molecular flexibility index (Phi) is 5.26. The molecular formula is C16H16BrF2N. The van der Waals surface area contributed by atoms with Gasteiger partial charge in [0.05, 0.1) is 0 Å². The van der Waals surface area contributed by atoms with Gasteiger partial charge in [0.25, 0.3) is 0 Å². The van der Waals surface area contributed by atoms with Crippen LogP contribution in [0.3, 0.4) is 0 Å². The van der Waals surface area contributed by atoms with Crippen molar-refractivity contribution in [3.8, 4) is 0 Å². The fraction of sp³-hybridized carbons (Fsp3) is 0.250. The summed E-state index contributed by atoms with van der Waals surface area (Å²) >= 11 is 3.41. The van der Waals surface area contributed by atoms with Gasteiger partial charge in [-0.25, -0.2) is 8.78 Å². The van der Waals surface area contributed by atoms with Crippen molar-refractivity contribution in [2.24, 2.45) is 11.7 Å². The van der Waals surface area contributed by atoms with Crippen LogP contribution in [0.15, 0.2) is 46.9 Å². The van der Waals surface area contributed by atoms with Crippen molar-refractivity contribution in [3.05, 3.63) is 69.7 Å². The van der Waals surface area contributed by atoms with E-state index in [-0.39, 0.29) is 11.5 Å². The van der Waals surface area contributed by atoms with E-state index < -0.39 is 11.6 Å². The molecule has 0 amide bonds. The molecule has 0 saturated carbocycles. The molecular weight excluding hydrogens is 324 g/mol. The number of hydrogen-bond donors (Lipinski definition) is 1. The summed E-state index contributed by atoms with van der Waals surface area (Å²) in [6.45, 7) is 0.389. The van der Waals surface area contributed by atoms with Gasteiger partial charge in [-0.3, -0.25) is 0 Å². The molecule has 0 spiro atoms. The van der Waals surface area contributed by atoms with Gasteiger partial charge in [-0.1, -0.05) is 34.1 Å². The number of benzene rings is 2. The van der Waals surface area contributed by atoms with E-state index in [1.807, 2.05) is 24.3 Å². The molecule has 4 heteroatoms. The van der Waals surface area contributed by atoms with Crippen LogP contribution in [0.2, 0.25) is 0 Å². The smallest absolute Gasteiger partial charge is 0.129 e. The number of hydrogen-bond acceptors (Lipinski definition) is 1. The summed E-state index contributed by atoms with van der Waals surface area (Å²) in [7, 11) is 0. The Labute approximate surface area is 125 Å². The van der Waals surface area contributed by atoms with E-state index in [0.717, 1.165) is 10.0 Å². The Bertz CT molecular complexity index is 566. The van der Waals surface area contributed by atoms with E-state index in [0.29, 0.717) is 19.4 Å². The van der Waals surface area contributed by atoms with Gasteiger partial charge in [0, 0.05) is 10.0 Å². The lowest BCUT2D eigenvalue weighted by molar-refractivity contribution is 0.485. The maximum absolute atomic E-state index is 13.7. The first-order chi connectivity index (χ1) is 9.60. The lowest BCUT2D eigenvalue weighted by Crippen LogP contribution is -2.20. The summed E-state index contributed by atoms with van der Waals surface area (Å²) in [6, 6.07) is 11.8. The number of halogens is 3. The predicted octanol–water partition coefficient (Wildman–Crippen LogP) is 4.09. The van der Waals surface area contributed by atoms with Crippen LogP contribution in [-0.2, 0) is 12.8 Å². The lowest BCUT2D eigenvalue weighted by atomic mass is 9.92. The molecule has 2 aromatic carbocycles. The summed E-state index contributed by atoms with van der Waals surface area (Å²) in [5.41, 5.74) is 6.98. The highest BCUT2D eigenvalue weighted by Crippen LogP contribution is 2.20. The van der Waals surface area contributed by atoms with Crippen molar-refractivity contribution in [1.82, 2.24) is 0 Å². The van der Waals surface area contributed by atoms with E-state index in [2.05, 4.69) is 15.9 Å². The zero-order valence-electron chi connectivity index (χ0n) is 11.0. The van der Waals surface area contributed by atoms with Gasteiger partial charge in [0.2, 0.25) is 0 Å². The average molecular weight is 340 g/mol. The fourth-order valence-corrected chi connectivity index (χ4v) is 2.70. The molecule has 0 aliphatic carbocycles. The van der Waals surface area contributed by atoms with Crippen LogP contribution in [0.5, 0.6) is 0 Å². The second-order valence-electron chi connectivity index (χ2n) is 4.84. The minimum atomic E-state index is -0.502. The minimum Gasteiger partial charge on any atom is -0.330 e. The third-order valence-corrected chi connectivity index (χ3v) is 3.79. The summed E-state index contributed by atoms with van der Waals surface area (Å²) in [6.07, 6.45) is 1.01. The van der Waals surface area contributed by atoms with Crippen LogP contribution in [0, 0.1) is 17.6 Å². The van der Waals surface area contributed by atoms with Crippen molar-refractivity contribution >= 4 is 15.9 Å². The molecule has 2 rings (SSSR count). The first-order valence-electron chi connectivity index (χ1n) is 6.47. The van der Waals surface area contributed by atoms with Crippen molar-refractivity contribution in [2.75, 3.05) is 6.54 Å². The van der Waals surface area contributed by atoms with Crippen molar-refractivity contribution in [2.45, 2.75) is 12.8 Å². The van der Waals surface area contributed by atoms with Gasteiger partial charge in [-0.05, 0) is 55.1 Å². The van der Waals surface area contributed by atoms with Crippen LogP contribution in [-0.4, -0.2) is 6.54 Å². The van der Waals surface area contributed by atoms with Gasteiger partial charge in [-0.15, -0.1) is 0 Å². The molecule has 1 unspecified atom stereocenters. The fourth-order valence-electron chi connectivity index (χ4n) is 2.25. The molecule has 20 heavy (non-hydrogen) atoms. The van der Waals surface area contributed by atoms with E-state index in [1.54, 1.807) is 0 Å². The predicted molar refractivity (Wildman–Crippen MR) is 80.5 cm³/mol. The van der Waals surface area contributed by atoms with Gasteiger partial charge in [-0.2, -0.15) is 0 Å². The average Bonchev–Trinajstić information content (AvgIpc) is 2.42. The Hall–Kier alpha value is -1.26. The standard InChI is InChI=1S/C16H16BrF2N/c17-13-4-1-3-11(8-13)7-12(10-20)9-14-15(18)5-2-6-16(14)19/h1-6,8,12H,7,9-10,20H2. The highest BCUT2D eigenvalue weighted by molar-refractivity contribution is 9.10. The molecule has 106 valence electrons. The number of nitrogens with two attached hydrogens (primary N) is 1. The highest BCUT2D eigenvalue weighted by Gasteiger charge is 2.15. The molecule has 0 aromatic heterocycles. The Morgan fingerprint density at radius 1 is 1.00 bits per heavy atom. The lowest BCUT2D eigenvalue weighted by Gasteiger charge is -2.16. The van der Waals surface area contributed by atoms with Crippen LogP contribution < -0.4 is 5.73 Å². The van der Waals surface area contributed by atoms with Crippen molar-refractivity contribution in [3.63, 3.8) is 0 Å².